The van der Waals surface area contributed by atoms with E-state index in [1.165, 1.54) is 0 Å². The number of rotatable bonds is 5. The number of nitrogen functional groups attached to an aromatic ring is 1. The van der Waals surface area contributed by atoms with Crippen molar-refractivity contribution in [1.82, 2.24) is 0 Å². The molecule has 1 unspecified atom stereocenters. The highest BCUT2D eigenvalue weighted by Crippen LogP contribution is 2.25. The maximum Gasteiger partial charge on any atom is 0.120 e. The Hall–Kier alpha value is -2.32. The van der Waals surface area contributed by atoms with Gasteiger partial charge >= 0.3 is 0 Å². The summed E-state index contributed by atoms with van der Waals surface area (Å²) in [4.78, 5) is 0.559. The van der Waals surface area contributed by atoms with E-state index in [0.29, 0.717) is 34.3 Å². The maximum absolute atomic E-state index is 12.5. The van der Waals surface area contributed by atoms with Crippen LogP contribution in [0.3, 0.4) is 0 Å². The van der Waals surface area contributed by atoms with Gasteiger partial charge in [0.2, 0.25) is 0 Å². The van der Waals surface area contributed by atoms with Gasteiger partial charge in [-0.05, 0) is 42.8 Å². The predicted molar refractivity (Wildman–Crippen MR) is 83.3 cm³/mol. The summed E-state index contributed by atoms with van der Waals surface area (Å²) in [6.07, 6.45) is 0. The van der Waals surface area contributed by atoms with Crippen LogP contribution in [0.25, 0.3) is 0 Å². The minimum absolute atomic E-state index is 0.315. The third kappa shape index (κ3) is 3.83. The molecule has 0 saturated carbocycles. The van der Waals surface area contributed by atoms with Crippen LogP contribution in [0.2, 0.25) is 0 Å². The van der Waals surface area contributed by atoms with Crippen molar-refractivity contribution in [2.75, 3.05) is 12.3 Å². The van der Waals surface area contributed by atoms with Gasteiger partial charge in [-0.2, -0.15) is 5.26 Å². The van der Waals surface area contributed by atoms with Gasteiger partial charge in [-0.25, -0.2) is 0 Å². The summed E-state index contributed by atoms with van der Waals surface area (Å²) >= 11 is 0. The smallest absolute Gasteiger partial charge is 0.120 e. The number of nitriles is 1. The van der Waals surface area contributed by atoms with Crippen molar-refractivity contribution in [3.63, 3.8) is 0 Å². The fourth-order valence-electron chi connectivity index (χ4n) is 1.93. The first-order valence-corrected chi connectivity index (χ1v) is 7.85. The van der Waals surface area contributed by atoms with Crippen LogP contribution in [0.5, 0.6) is 5.75 Å². The molecule has 5 heteroatoms. The molecular formula is C16H16N2O2S. The van der Waals surface area contributed by atoms with Crippen molar-refractivity contribution >= 4 is 16.5 Å². The van der Waals surface area contributed by atoms with E-state index in [9.17, 15) is 4.21 Å². The predicted octanol–water partition coefficient (Wildman–Crippen LogP) is 2.85. The monoisotopic (exact) mass is 300 g/mol. The fourth-order valence-corrected chi connectivity index (χ4v) is 3.14. The first-order chi connectivity index (χ1) is 10.1. The lowest BCUT2D eigenvalue weighted by Crippen LogP contribution is -2.02. The molecule has 2 aromatic rings. The van der Waals surface area contributed by atoms with Crippen molar-refractivity contribution in [1.29, 1.82) is 5.26 Å². The van der Waals surface area contributed by atoms with Crippen molar-refractivity contribution in [2.24, 2.45) is 0 Å². The molecule has 2 N–H and O–H groups in total. The average Bonchev–Trinajstić information content (AvgIpc) is 2.49. The Kier molecular flexibility index (Phi) is 4.96. The molecule has 0 spiro atoms. The fraction of sp³-hybridized carbons (Fsp3) is 0.188. The Morgan fingerprint density at radius 1 is 1.29 bits per heavy atom. The second-order valence-electron chi connectivity index (χ2n) is 4.43. The molecule has 2 aromatic carbocycles. The Labute approximate surface area is 126 Å². The summed E-state index contributed by atoms with van der Waals surface area (Å²) in [5, 5.41) is 8.89. The third-order valence-corrected chi connectivity index (χ3v) is 4.33. The first kappa shape index (κ1) is 15.1. The molecule has 0 aliphatic carbocycles. The van der Waals surface area contributed by atoms with Gasteiger partial charge in [0.1, 0.15) is 5.75 Å². The molecule has 0 aliphatic rings. The normalized spacial score (nSPS) is 11.6. The minimum Gasteiger partial charge on any atom is -0.494 e. The molecule has 0 radical (unpaired) electrons. The van der Waals surface area contributed by atoms with E-state index in [1.54, 1.807) is 36.4 Å². The van der Waals surface area contributed by atoms with Crippen LogP contribution in [0, 0.1) is 11.3 Å². The van der Waals surface area contributed by atoms with Crippen LogP contribution < -0.4 is 10.5 Å². The molecule has 0 heterocycles. The minimum atomic E-state index is -1.28. The largest absolute Gasteiger partial charge is 0.494 e. The lowest BCUT2D eigenvalue weighted by atomic mass is 10.2. The summed E-state index contributed by atoms with van der Waals surface area (Å²) in [6, 6.07) is 14.3. The number of nitrogens with zero attached hydrogens (tertiary/aromatic N) is 1. The summed E-state index contributed by atoms with van der Waals surface area (Å²) in [7, 11) is -1.28. The number of ether oxygens (including phenoxy) is 1. The van der Waals surface area contributed by atoms with Gasteiger partial charge in [0.25, 0.3) is 0 Å². The van der Waals surface area contributed by atoms with Crippen molar-refractivity contribution < 1.29 is 8.95 Å². The Balaban J connectivity index is 2.23. The van der Waals surface area contributed by atoms with Crippen LogP contribution in [0.1, 0.15) is 18.1 Å². The molecule has 21 heavy (non-hydrogen) atoms. The zero-order valence-electron chi connectivity index (χ0n) is 11.7. The lowest BCUT2D eigenvalue weighted by Gasteiger charge is -2.09. The molecule has 108 valence electrons. The second-order valence-corrected chi connectivity index (χ2v) is 5.85. The number of hydrogen-bond acceptors (Lipinski definition) is 4. The maximum atomic E-state index is 12.5. The molecule has 4 nitrogen and oxygen atoms in total. The van der Waals surface area contributed by atoms with Gasteiger partial charge in [0, 0.05) is 5.69 Å². The first-order valence-electron chi connectivity index (χ1n) is 6.53. The van der Waals surface area contributed by atoms with Crippen LogP contribution in [-0.4, -0.2) is 10.8 Å². The van der Waals surface area contributed by atoms with Gasteiger partial charge in [-0.1, -0.05) is 12.1 Å². The molecule has 2 rings (SSSR count). The summed E-state index contributed by atoms with van der Waals surface area (Å²) in [5.74, 6) is 0.968. The zero-order chi connectivity index (χ0) is 15.2. The van der Waals surface area contributed by atoms with Crippen LogP contribution in [0.4, 0.5) is 5.69 Å². The molecule has 0 bridgehead atoms. The highest BCUT2D eigenvalue weighted by Gasteiger charge is 2.11. The SMILES string of the molecule is CCOc1ccc(N)c(S(=O)Cc2cccc(C#N)c2)c1. The molecule has 0 aromatic heterocycles. The Bertz CT molecular complexity index is 708. The molecular weight excluding hydrogens is 284 g/mol. The van der Waals surface area contributed by atoms with Gasteiger partial charge in [0.15, 0.2) is 0 Å². The van der Waals surface area contributed by atoms with Crippen molar-refractivity contribution in [3.05, 3.63) is 53.6 Å². The van der Waals surface area contributed by atoms with Gasteiger partial charge in [-0.15, -0.1) is 0 Å². The summed E-state index contributed by atoms with van der Waals surface area (Å²) in [5.41, 5.74) is 7.77. The quantitative estimate of drug-likeness (QED) is 0.861. The van der Waals surface area contributed by atoms with E-state index in [4.69, 9.17) is 15.7 Å². The molecule has 0 saturated heterocycles. The van der Waals surface area contributed by atoms with Crippen LogP contribution in [-0.2, 0) is 16.6 Å². The average molecular weight is 300 g/mol. The van der Waals surface area contributed by atoms with E-state index in [2.05, 4.69) is 6.07 Å². The van der Waals surface area contributed by atoms with Crippen molar-refractivity contribution in [3.8, 4) is 11.8 Å². The zero-order valence-corrected chi connectivity index (χ0v) is 12.5. The topological polar surface area (TPSA) is 76.1 Å². The van der Waals surface area contributed by atoms with Gasteiger partial charge in [0.05, 0.1) is 39.7 Å². The van der Waals surface area contributed by atoms with E-state index >= 15 is 0 Å². The van der Waals surface area contributed by atoms with Gasteiger partial charge in [-0.3, -0.25) is 4.21 Å². The molecule has 0 amide bonds. The molecule has 0 fully saturated rings. The van der Waals surface area contributed by atoms with Crippen molar-refractivity contribution in [2.45, 2.75) is 17.6 Å². The van der Waals surface area contributed by atoms with E-state index in [0.717, 1.165) is 5.56 Å². The molecule has 1 atom stereocenters. The second kappa shape index (κ2) is 6.91. The lowest BCUT2D eigenvalue weighted by molar-refractivity contribution is 0.339. The third-order valence-electron chi connectivity index (χ3n) is 2.90. The number of nitrogens with two attached hydrogens (primary N) is 1. The highest BCUT2D eigenvalue weighted by molar-refractivity contribution is 7.84. The standard InChI is InChI=1S/C16H16N2O2S/c1-2-20-14-6-7-15(18)16(9-14)21(19)11-13-5-3-4-12(8-13)10-17/h3-9H,2,11,18H2,1H3. The van der Waals surface area contributed by atoms with Crippen LogP contribution >= 0.6 is 0 Å². The number of benzene rings is 2. The highest BCUT2D eigenvalue weighted by atomic mass is 32.2. The molecule has 0 aliphatic heterocycles. The summed E-state index contributed by atoms with van der Waals surface area (Å²) in [6.45, 7) is 2.43. The van der Waals surface area contributed by atoms with E-state index in [-0.39, 0.29) is 0 Å². The summed E-state index contributed by atoms with van der Waals surface area (Å²) < 4.78 is 17.9. The number of hydrogen-bond donors (Lipinski definition) is 1. The van der Waals surface area contributed by atoms with E-state index < -0.39 is 10.8 Å². The Morgan fingerprint density at radius 3 is 2.81 bits per heavy atom. The van der Waals surface area contributed by atoms with Gasteiger partial charge < -0.3 is 10.5 Å². The van der Waals surface area contributed by atoms with E-state index in [1.807, 2.05) is 13.0 Å². The Morgan fingerprint density at radius 2 is 2.10 bits per heavy atom. The van der Waals surface area contributed by atoms with Crippen LogP contribution in [0.15, 0.2) is 47.4 Å². The number of anilines is 1.